The molecule has 0 atom stereocenters. The van der Waals surface area contributed by atoms with Crippen LogP contribution in [0.3, 0.4) is 0 Å². The zero-order valence-corrected chi connectivity index (χ0v) is 15.9. The van der Waals surface area contributed by atoms with Crippen molar-refractivity contribution in [2.45, 2.75) is 56.8 Å². The van der Waals surface area contributed by atoms with Gasteiger partial charge in [-0.1, -0.05) is 19.4 Å². The zero-order chi connectivity index (χ0) is 17.9. The van der Waals surface area contributed by atoms with Gasteiger partial charge in [0.15, 0.2) is 0 Å². The molecule has 2 aliphatic rings. The Morgan fingerprint density at radius 3 is 2.40 bits per heavy atom. The fraction of sp³-hybridized carbons (Fsp3) is 0.632. The van der Waals surface area contributed by atoms with Gasteiger partial charge in [0.1, 0.15) is 0 Å². The molecule has 1 aromatic carbocycles. The average molecular weight is 365 g/mol. The predicted octanol–water partition coefficient (Wildman–Crippen LogP) is 2.59. The summed E-state index contributed by atoms with van der Waals surface area (Å²) in [4.78, 5) is 14.3. The van der Waals surface area contributed by atoms with Crippen LogP contribution in [-0.4, -0.2) is 49.7 Å². The standard InChI is InChI=1S/C19H28N2O3S/c1-2-3-8-19(22)20-11-13-21(14-12-20)25(23,24)18-10-9-16-6-4-5-7-17(16)15-18/h9-10,15H,2-8,11-14H2,1H3. The van der Waals surface area contributed by atoms with E-state index in [4.69, 9.17) is 0 Å². The number of amides is 1. The molecule has 1 aliphatic carbocycles. The van der Waals surface area contributed by atoms with Gasteiger partial charge < -0.3 is 4.90 Å². The molecule has 1 fully saturated rings. The molecule has 0 bridgehead atoms. The zero-order valence-electron chi connectivity index (χ0n) is 15.0. The highest BCUT2D eigenvalue weighted by molar-refractivity contribution is 7.89. The molecule has 5 nitrogen and oxygen atoms in total. The van der Waals surface area contributed by atoms with Crippen molar-refractivity contribution < 1.29 is 13.2 Å². The molecule has 0 unspecified atom stereocenters. The molecule has 1 heterocycles. The molecule has 6 heteroatoms. The maximum atomic E-state index is 12.9. The van der Waals surface area contributed by atoms with Gasteiger partial charge >= 0.3 is 0 Å². The largest absolute Gasteiger partial charge is 0.340 e. The first kappa shape index (κ1) is 18.4. The second-order valence-electron chi connectivity index (χ2n) is 7.03. The second kappa shape index (κ2) is 7.87. The van der Waals surface area contributed by atoms with Crippen molar-refractivity contribution >= 4 is 15.9 Å². The summed E-state index contributed by atoms with van der Waals surface area (Å²) < 4.78 is 27.4. The van der Waals surface area contributed by atoms with Crippen LogP contribution >= 0.6 is 0 Å². The van der Waals surface area contributed by atoms with Crippen molar-refractivity contribution in [1.82, 2.24) is 9.21 Å². The van der Waals surface area contributed by atoms with Gasteiger partial charge in [-0.15, -0.1) is 0 Å². The molecule has 0 saturated carbocycles. The highest BCUT2D eigenvalue weighted by Crippen LogP contribution is 2.26. The molecule has 1 amide bonds. The van der Waals surface area contributed by atoms with Gasteiger partial charge in [0, 0.05) is 32.6 Å². The maximum Gasteiger partial charge on any atom is 0.243 e. The fourth-order valence-corrected chi connectivity index (χ4v) is 5.16. The number of rotatable bonds is 5. The van der Waals surface area contributed by atoms with E-state index in [0.29, 0.717) is 37.5 Å². The van der Waals surface area contributed by atoms with Crippen LogP contribution < -0.4 is 0 Å². The molecule has 25 heavy (non-hydrogen) atoms. The van der Waals surface area contributed by atoms with Gasteiger partial charge in [0.25, 0.3) is 0 Å². The number of unbranched alkanes of at least 4 members (excludes halogenated alkanes) is 1. The maximum absolute atomic E-state index is 12.9. The summed E-state index contributed by atoms with van der Waals surface area (Å²) >= 11 is 0. The van der Waals surface area contributed by atoms with Crippen molar-refractivity contribution in [3.8, 4) is 0 Å². The first-order chi connectivity index (χ1) is 12.0. The summed E-state index contributed by atoms with van der Waals surface area (Å²) in [7, 11) is -3.47. The third kappa shape index (κ3) is 4.06. The van der Waals surface area contributed by atoms with Crippen molar-refractivity contribution in [2.24, 2.45) is 0 Å². The van der Waals surface area contributed by atoms with E-state index in [1.807, 2.05) is 12.1 Å². The van der Waals surface area contributed by atoms with Crippen LogP contribution in [0.2, 0.25) is 0 Å². The Kier molecular flexibility index (Phi) is 5.79. The molecule has 0 aromatic heterocycles. The lowest BCUT2D eigenvalue weighted by molar-refractivity contribution is -0.132. The van der Waals surface area contributed by atoms with Crippen molar-refractivity contribution in [3.05, 3.63) is 29.3 Å². The molecule has 3 rings (SSSR count). The lowest BCUT2D eigenvalue weighted by atomic mass is 9.92. The summed E-state index contributed by atoms with van der Waals surface area (Å²) in [6.45, 7) is 3.82. The number of sulfonamides is 1. The van der Waals surface area contributed by atoms with E-state index in [9.17, 15) is 13.2 Å². The first-order valence-electron chi connectivity index (χ1n) is 9.42. The molecule has 0 N–H and O–H groups in total. The van der Waals surface area contributed by atoms with E-state index in [0.717, 1.165) is 32.1 Å². The Morgan fingerprint density at radius 1 is 1.04 bits per heavy atom. The number of piperazine rings is 1. The van der Waals surface area contributed by atoms with Crippen LogP contribution in [0.5, 0.6) is 0 Å². The second-order valence-corrected chi connectivity index (χ2v) is 8.96. The third-order valence-corrected chi connectivity index (χ3v) is 7.19. The van der Waals surface area contributed by atoms with Gasteiger partial charge in [-0.05, 0) is 55.4 Å². The van der Waals surface area contributed by atoms with Gasteiger partial charge in [0.05, 0.1) is 4.90 Å². The van der Waals surface area contributed by atoms with E-state index in [2.05, 4.69) is 6.92 Å². The minimum atomic E-state index is -3.47. The molecular weight excluding hydrogens is 336 g/mol. The van der Waals surface area contributed by atoms with Crippen molar-refractivity contribution in [2.75, 3.05) is 26.2 Å². The minimum Gasteiger partial charge on any atom is -0.340 e. The first-order valence-corrected chi connectivity index (χ1v) is 10.9. The number of fused-ring (bicyclic) bond motifs is 1. The van der Waals surface area contributed by atoms with Gasteiger partial charge in [-0.2, -0.15) is 4.31 Å². The molecule has 1 aliphatic heterocycles. The minimum absolute atomic E-state index is 0.146. The van der Waals surface area contributed by atoms with Gasteiger partial charge in [-0.3, -0.25) is 4.79 Å². The molecule has 1 aromatic rings. The molecule has 0 radical (unpaired) electrons. The van der Waals surface area contributed by atoms with E-state index in [1.54, 1.807) is 11.0 Å². The number of carbonyl (C=O) groups is 1. The van der Waals surface area contributed by atoms with Crippen LogP contribution in [0, 0.1) is 0 Å². The Morgan fingerprint density at radius 2 is 1.72 bits per heavy atom. The van der Waals surface area contributed by atoms with Crippen molar-refractivity contribution in [3.63, 3.8) is 0 Å². The molecular formula is C19H28N2O3S. The molecule has 1 saturated heterocycles. The lowest BCUT2D eigenvalue weighted by Gasteiger charge is -2.34. The number of benzene rings is 1. The van der Waals surface area contributed by atoms with Crippen molar-refractivity contribution in [1.29, 1.82) is 0 Å². The van der Waals surface area contributed by atoms with Crippen LogP contribution in [-0.2, 0) is 27.7 Å². The van der Waals surface area contributed by atoms with Crippen LogP contribution in [0.15, 0.2) is 23.1 Å². The molecule has 138 valence electrons. The fourth-order valence-electron chi connectivity index (χ4n) is 3.68. The summed E-state index contributed by atoms with van der Waals surface area (Å²) in [5, 5.41) is 0. The Bertz CT molecular complexity index is 722. The monoisotopic (exact) mass is 364 g/mol. The predicted molar refractivity (Wildman–Crippen MR) is 97.9 cm³/mol. The summed E-state index contributed by atoms with van der Waals surface area (Å²) in [5.74, 6) is 0.146. The number of aryl methyl sites for hydroxylation is 2. The normalized spacial score (nSPS) is 18.8. The van der Waals surface area contributed by atoms with E-state index < -0.39 is 10.0 Å². The number of hydrogen-bond acceptors (Lipinski definition) is 3. The Balaban J connectivity index is 1.67. The summed E-state index contributed by atoms with van der Waals surface area (Å²) in [5.41, 5.74) is 2.47. The SMILES string of the molecule is CCCCC(=O)N1CCN(S(=O)(=O)c2ccc3c(c2)CCCC3)CC1. The highest BCUT2D eigenvalue weighted by Gasteiger charge is 2.30. The average Bonchev–Trinajstić information content (AvgIpc) is 2.65. The number of hydrogen-bond donors (Lipinski definition) is 0. The van der Waals surface area contributed by atoms with Crippen LogP contribution in [0.1, 0.15) is 50.2 Å². The number of nitrogens with zero attached hydrogens (tertiary/aromatic N) is 2. The van der Waals surface area contributed by atoms with Gasteiger partial charge in [0.2, 0.25) is 15.9 Å². The summed E-state index contributed by atoms with van der Waals surface area (Å²) in [6, 6.07) is 5.59. The summed E-state index contributed by atoms with van der Waals surface area (Å²) in [6.07, 6.45) is 6.80. The third-order valence-electron chi connectivity index (χ3n) is 5.29. The van der Waals surface area contributed by atoms with E-state index in [1.165, 1.54) is 21.9 Å². The smallest absolute Gasteiger partial charge is 0.243 e. The lowest BCUT2D eigenvalue weighted by Crippen LogP contribution is -2.50. The Labute approximate surface area is 151 Å². The van der Waals surface area contributed by atoms with Crippen LogP contribution in [0.4, 0.5) is 0 Å². The Hall–Kier alpha value is -1.40. The van der Waals surface area contributed by atoms with Gasteiger partial charge in [-0.25, -0.2) is 8.42 Å². The quantitative estimate of drug-likeness (QED) is 0.807. The van der Waals surface area contributed by atoms with E-state index >= 15 is 0 Å². The van der Waals surface area contributed by atoms with E-state index in [-0.39, 0.29) is 5.91 Å². The highest BCUT2D eigenvalue weighted by atomic mass is 32.2. The molecule has 0 spiro atoms. The topological polar surface area (TPSA) is 57.7 Å². The number of carbonyl (C=O) groups excluding carboxylic acids is 1. The van der Waals surface area contributed by atoms with Crippen LogP contribution in [0.25, 0.3) is 0 Å².